The predicted octanol–water partition coefficient (Wildman–Crippen LogP) is 4.37. The first-order valence-corrected chi connectivity index (χ1v) is 8.85. The monoisotopic (exact) mass is 403 g/mol. The van der Waals surface area contributed by atoms with Gasteiger partial charge >= 0.3 is 0 Å². The van der Waals surface area contributed by atoms with Gasteiger partial charge < -0.3 is 4.74 Å². The Kier molecular flexibility index (Phi) is 5.22. The zero-order chi connectivity index (χ0) is 16.9. The second-order valence-corrected chi connectivity index (χ2v) is 6.87. The molecule has 2 aromatic carbocycles. The number of carbonyl (C=O) groups is 1. The SMILES string of the molecule is C[C@H](Oc1ccc(Br)cc1)C(=O)Nc1nnc(-c2ccccc2)s1. The summed E-state index contributed by atoms with van der Waals surface area (Å²) in [5.41, 5.74) is 0.967. The largest absolute Gasteiger partial charge is 0.481 e. The van der Waals surface area contributed by atoms with Gasteiger partial charge in [0, 0.05) is 10.0 Å². The molecule has 0 aliphatic rings. The molecule has 0 saturated carbocycles. The molecule has 3 aromatic rings. The molecule has 0 saturated heterocycles. The van der Waals surface area contributed by atoms with Crippen LogP contribution >= 0.6 is 27.3 Å². The molecule has 7 heteroatoms. The number of benzene rings is 2. The normalized spacial score (nSPS) is 11.8. The zero-order valence-electron chi connectivity index (χ0n) is 12.8. The van der Waals surface area contributed by atoms with Crippen LogP contribution in [-0.4, -0.2) is 22.2 Å². The molecule has 0 bridgehead atoms. The van der Waals surface area contributed by atoms with Crippen molar-refractivity contribution >= 4 is 38.3 Å². The van der Waals surface area contributed by atoms with E-state index in [2.05, 4.69) is 31.4 Å². The summed E-state index contributed by atoms with van der Waals surface area (Å²) in [6.45, 7) is 1.69. The lowest BCUT2D eigenvalue weighted by Gasteiger charge is -2.13. The van der Waals surface area contributed by atoms with Gasteiger partial charge in [0.25, 0.3) is 5.91 Å². The Hall–Kier alpha value is -2.25. The molecule has 1 aromatic heterocycles. The highest BCUT2D eigenvalue weighted by Gasteiger charge is 2.17. The van der Waals surface area contributed by atoms with Gasteiger partial charge in [0.15, 0.2) is 6.10 Å². The number of rotatable bonds is 5. The zero-order valence-corrected chi connectivity index (χ0v) is 15.2. The number of carbonyl (C=O) groups excluding carboxylic acids is 1. The number of hydrogen-bond donors (Lipinski definition) is 1. The van der Waals surface area contributed by atoms with Crippen LogP contribution in [0, 0.1) is 0 Å². The van der Waals surface area contributed by atoms with Crippen molar-refractivity contribution in [3.05, 3.63) is 59.1 Å². The molecule has 1 amide bonds. The molecule has 0 fully saturated rings. The standard InChI is InChI=1S/C17H14BrN3O2S/c1-11(23-14-9-7-13(18)8-10-14)15(22)19-17-21-20-16(24-17)12-5-3-2-4-6-12/h2-11H,1H3,(H,19,21,22)/t11-/m0/s1. The number of nitrogens with zero attached hydrogens (tertiary/aromatic N) is 2. The van der Waals surface area contributed by atoms with Crippen LogP contribution in [0.25, 0.3) is 10.6 Å². The molecular weight excluding hydrogens is 390 g/mol. The summed E-state index contributed by atoms with van der Waals surface area (Å²) in [5, 5.41) is 12.0. The fourth-order valence-corrected chi connectivity index (χ4v) is 2.97. The van der Waals surface area contributed by atoms with Crippen LogP contribution in [0.4, 0.5) is 5.13 Å². The second-order valence-electron chi connectivity index (χ2n) is 4.98. The number of ether oxygens (including phenoxy) is 1. The minimum atomic E-state index is -0.643. The first-order valence-electron chi connectivity index (χ1n) is 7.24. The highest BCUT2D eigenvalue weighted by atomic mass is 79.9. The quantitative estimate of drug-likeness (QED) is 0.686. The van der Waals surface area contributed by atoms with Crippen LogP contribution in [0.2, 0.25) is 0 Å². The van der Waals surface area contributed by atoms with Crippen molar-refractivity contribution in [1.29, 1.82) is 0 Å². The average molecular weight is 404 g/mol. The summed E-state index contributed by atoms with van der Waals surface area (Å²) in [5.74, 6) is 0.358. The van der Waals surface area contributed by atoms with Crippen molar-refractivity contribution in [2.45, 2.75) is 13.0 Å². The predicted molar refractivity (Wildman–Crippen MR) is 98.2 cm³/mol. The van der Waals surface area contributed by atoms with E-state index in [1.54, 1.807) is 19.1 Å². The van der Waals surface area contributed by atoms with Crippen LogP contribution in [0.3, 0.4) is 0 Å². The van der Waals surface area contributed by atoms with Crippen LogP contribution in [0.1, 0.15) is 6.92 Å². The fraction of sp³-hybridized carbons (Fsp3) is 0.118. The molecule has 1 atom stereocenters. The van der Waals surface area contributed by atoms with Gasteiger partial charge in [-0.25, -0.2) is 0 Å². The molecule has 122 valence electrons. The maximum Gasteiger partial charge on any atom is 0.266 e. The molecular formula is C17H14BrN3O2S. The maximum atomic E-state index is 12.2. The van der Waals surface area contributed by atoms with Gasteiger partial charge in [-0.3, -0.25) is 10.1 Å². The molecule has 1 heterocycles. The summed E-state index contributed by atoms with van der Waals surface area (Å²) >= 11 is 4.68. The Labute approximate surface area is 151 Å². The number of aromatic nitrogens is 2. The molecule has 0 spiro atoms. The Bertz CT molecular complexity index is 821. The molecule has 24 heavy (non-hydrogen) atoms. The van der Waals surface area contributed by atoms with E-state index >= 15 is 0 Å². The Balaban J connectivity index is 1.62. The van der Waals surface area contributed by atoms with Crippen LogP contribution in [0.5, 0.6) is 5.75 Å². The van der Waals surface area contributed by atoms with Crippen molar-refractivity contribution in [2.75, 3.05) is 5.32 Å². The number of amides is 1. The van der Waals surface area contributed by atoms with E-state index in [1.165, 1.54) is 11.3 Å². The maximum absolute atomic E-state index is 12.2. The Morgan fingerprint density at radius 2 is 1.83 bits per heavy atom. The van der Waals surface area contributed by atoms with E-state index in [-0.39, 0.29) is 5.91 Å². The van der Waals surface area contributed by atoms with E-state index in [4.69, 9.17) is 4.74 Å². The average Bonchev–Trinajstić information content (AvgIpc) is 3.06. The number of halogens is 1. The number of hydrogen-bond acceptors (Lipinski definition) is 5. The van der Waals surface area contributed by atoms with E-state index in [0.29, 0.717) is 10.9 Å². The van der Waals surface area contributed by atoms with Gasteiger partial charge in [-0.2, -0.15) is 0 Å². The third-order valence-corrected chi connectivity index (χ3v) is 4.59. The molecule has 5 nitrogen and oxygen atoms in total. The van der Waals surface area contributed by atoms with E-state index in [1.807, 2.05) is 42.5 Å². The van der Waals surface area contributed by atoms with Gasteiger partial charge in [0.1, 0.15) is 10.8 Å². The highest BCUT2D eigenvalue weighted by Crippen LogP contribution is 2.26. The van der Waals surface area contributed by atoms with Crippen molar-refractivity contribution in [2.24, 2.45) is 0 Å². The first kappa shape index (κ1) is 16.6. The summed E-state index contributed by atoms with van der Waals surface area (Å²) in [4.78, 5) is 12.2. The molecule has 1 N–H and O–H groups in total. The number of nitrogens with one attached hydrogen (secondary N) is 1. The van der Waals surface area contributed by atoms with Gasteiger partial charge in [-0.15, -0.1) is 10.2 Å². The lowest BCUT2D eigenvalue weighted by atomic mass is 10.2. The smallest absolute Gasteiger partial charge is 0.266 e. The first-order chi connectivity index (χ1) is 11.6. The van der Waals surface area contributed by atoms with E-state index < -0.39 is 6.10 Å². The van der Waals surface area contributed by atoms with Gasteiger partial charge in [-0.1, -0.05) is 57.6 Å². The summed E-state index contributed by atoms with van der Waals surface area (Å²) < 4.78 is 6.57. The van der Waals surface area contributed by atoms with Gasteiger partial charge in [0.2, 0.25) is 5.13 Å². The van der Waals surface area contributed by atoms with Crippen molar-refractivity contribution in [1.82, 2.24) is 10.2 Å². The third kappa shape index (κ3) is 4.18. The molecule has 0 aliphatic heterocycles. The summed E-state index contributed by atoms with van der Waals surface area (Å²) in [6.07, 6.45) is -0.643. The molecule has 0 radical (unpaired) electrons. The van der Waals surface area contributed by atoms with Crippen molar-refractivity contribution in [3.63, 3.8) is 0 Å². The molecule has 3 rings (SSSR count). The number of anilines is 1. The van der Waals surface area contributed by atoms with E-state index in [9.17, 15) is 4.79 Å². The van der Waals surface area contributed by atoms with Gasteiger partial charge in [0.05, 0.1) is 0 Å². The van der Waals surface area contributed by atoms with Crippen LogP contribution in [-0.2, 0) is 4.79 Å². The van der Waals surface area contributed by atoms with Crippen molar-refractivity contribution < 1.29 is 9.53 Å². The lowest BCUT2D eigenvalue weighted by Crippen LogP contribution is -2.30. The van der Waals surface area contributed by atoms with E-state index in [0.717, 1.165) is 15.0 Å². The van der Waals surface area contributed by atoms with Crippen LogP contribution < -0.4 is 10.1 Å². The highest BCUT2D eigenvalue weighted by molar-refractivity contribution is 9.10. The third-order valence-electron chi connectivity index (χ3n) is 3.17. The molecule has 0 aliphatic carbocycles. The summed E-state index contributed by atoms with van der Waals surface area (Å²) in [7, 11) is 0. The van der Waals surface area contributed by atoms with Crippen molar-refractivity contribution in [3.8, 4) is 16.3 Å². The van der Waals surface area contributed by atoms with Gasteiger partial charge in [-0.05, 0) is 31.2 Å². The lowest BCUT2D eigenvalue weighted by molar-refractivity contribution is -0.122. The van der Waals surface area contributed by atoms with Crippen LogP contribution in [0.15, 0.2) is 59.1 Å². The topological polar surface area (TPSA) is 64.1 Å². The molecule has 0 unspecified atom stereocenters. The Morgan fingerprint density at radius 3 is 2.54 bits per heavy atom. The minimum Gasteiger partial charge on any atom is -0.481 e. The second kappa shape index (κ2) is 7.55. The Morgan fingerprint density at radius 1 is 1.12 bits per heavy atom. The summed E-state index contributed by atoms with van der Waals surface area (Å²) in [6, 6.07) is 17.0. The minimum absolute atomic E-state index is 0.270. The fourth-order valence-electron chi connectivity index (χ4n) is 1.95.